The van der Waals surface area contributed by atoms with Crippen LogP contribution in [0.3, 0.4) is 0 Å². The largest absolute Gasteiger partial charge is 0.454 e. The van der Waals surface area contributed by atoms with E-state index < -0.39 is 0 Å². The number of hydrogen-bond acceptors (Lipinski definition) is 3. The maximum absolute atomic E-state index is 5.93. The zero-order valence-electron chi connectivity index (χ0n) is 11.2. The van der Waals surface area contributed by atoms with Gasteiger partial charge < -0.3 is 15.2 Å². The molecular formula is C17H17NO2. The van der Waals surface area contributed by atoms with E-state index in [1.807, 2.05) is 6.07 Å². The van der Waals surface area contributed by atoms with Crippen LogP contribution in [0.25, 0.3) is 0 Å². The zero-order valence-corrected chi connectivity index (χ0v) is 11.2. The third kappa shape index (κ3) is 1.70. The molecule has 102 valence electrons. The molecule has 2 atom stereocenters. The fourth-order valence-electron chi connectivity index (χ4n) is 3.41. The monoisotopic (exact) mass is 267 g/mol. The van der Waals surface area contributed by atoms with E-state index in [0.29, 0.717) is 25.2 Å². The van der Waals surface area contributed by atoms with Gasteiger partial charge in [-0.1, -0.05) is 30.3 Å². The van der Waals surface area contributed by atoms with Crippen molar-refractivity contribution in [3.8, 4) is 11.5 Å². The molecular weight excluding hydrogens is 250 g/mol. The topological polar surface area (TPSA) is 44.5 Å². The molecule has 1 aliphatic carbocycles. The molecule has 2 aromatic carbocycles. The molecule has 1 aliphatic heterocycles. The molecule has 4 rings (SSSR count). The molecule has 0 radical (unpaired) electrons. The first-order valence-corrected chi connectivity index (χ1v) is 7.05. The first-order valence-electron chi connectivity index (χ1n) is 7.05. The van der Waals surface area contributed by atoms with Crippen LogP contribution in [0.4, 0.5) is 0 Å². The Hall–Kier alpha value is -2.00. The van der Waals surface area contributed by atoms with E-state index in [9.17, 15) is 0 Å². The highest BCUT2D eigenvalue weighted by atomic mass is 16.7. The summed E-state index contributed by atoms with van der Waals surface area (Å²) in [6.45, 7) is 1.03. The molecule has 0 saturated heterocycles. The van der Waals surface area contributed by atoms with E-state index in [1.54, 1.807) is 0 Å². The van der Waals surface area contributed by atoms with Gasteiger partial charge >= 0.3 is 0 Å². The van der Waals surface area contributed by atoms with Gasteiger partial charge in [0.1, 0.15) is 0 Å². The van der Waals surface area contributed by atoms with Crippen molar-refractivity contribution < 1.29 is 9.47 Å². The molecule has 3 heteroatoms. The second-order valence-corrected chi connectivity index (χ2v) is 5.46. The van der Waals surface area contributed by atoms with Crippen LogP contribution in [0.15, 0.2) is 42.5 Å². The molecule has 3 nitrogen and oxygen atoms in total. The SMILES string of the molecule is NC[C@H]1C[C@H](c2ccc3c(c2)OCO3)c2ccccc21. The minimum Gasteiger partial charge on any atom is -0.454 e. The van der Waals surface area contributed by atoms with Crippen LogP contribution in [-0.4, -0.2) is 13.3 Å². The molecule has 20 heavy (non-hydrogen) atoms. The van der Waals surface area contributed by atoms with Crippen LogP contribution >= 0.6 is 0 Å². The third-order valence-electron chi connectivity index (χ3n) is 4.41. The Morgan fingerprint density at radius 1 is 1.00 bits per heavy atom. The minimum absolute atomic E-state index is 0.325. The zero-order chi connectivity index (χ0) is 13.5. The lowest BCUT2D eigenvalue weighted by atomic mass is 9.92. The Bertz CT molecular complexity index is 653. The van der Waals surface area contributed by atoms with Gasteiger partial charge in [0, 0.05) is 5.92 Å². The van der Waals surface area contributed by atoms with Crippen LogP contribution in [0.5, 0.6) is 11.5 Å². The Kier molecular flexibility index (Phi) is 2.67. The summed E-state index contributed by atoms with van der Waals surface area (Å²) >= 11 is 0. The van der Waals surface area contributed by atoms with Crippen molar-refractivity contribution in [3.05, 3.63) is 59.2 Å². The van der Waals surface area contributed by atoms with E-state index in [1.165, 1.54) is 16.7 Å². The van der Waals surface area contributed by atoms with Crippen LogP contribution in [-0.2, 0) is 0 Å². The van der Waals surface area contributed by atoms with E-state index in [0.717, 1.165) is 17.9 Å². The van der Waals surface area contributed by atoms with Crippen molar-refractivity contribution >= 4 is 0 Å². The van der Waals surface area contributed by atoms with Gasteiger partial charge in [-0.2, -0.15) is 0 Å². The lowest BCUT2D eigenvalue weighted by Crippen LogP contribution is -2.09. The molecule has 1 heterocycles. The number of ether oxygens (including phenoxy) is 2. The second kappa shape index (κ2) is 4.53. The fraction of sp³-hybridized carbons (Fsp3) is 0.294. The van der Waals surface area contributed by atoms with Gasteiger partial charge in [0.2, 0.25) is 6.79 Å². The van der Waals surface area contributed by atoms with E-state index in [2.05, 4.69) is 36.4 Å². The number of rotatable bonds is 2. The summed E-state index contributed by atoms with van der Waals surface area (Å²) < 4.78 is 10.9. The van der Waals surface area contributed by atoms with Crippen molar-refractivity contribution in [3.63, 3.8) is 0 Å². The summed E-state index contributed by atoms with van der Waals surface area (Å²) in [5.41, 5.74) is 10.0. The Morgan fingerprint density at radius 2 is 1.80 bits per heavy atom. The first kappa shape index (κ1) is 11.8. The van der Waals surface area contributed by atoms with E-state index in [4.69, 9.17) is 15.2 Å². The van der Waals surface area contributed by atoms with Crippen molar-refractivity contribution in [2.45, 2.75) is 18.3 Å². The second-order valence-electron chi connectivity index (χ2n) is 5.46. The van der Waals surface area contributed by atoms with E-state index >= 15 is 0 Å². The van der Waals surface area contributed by atoms with Crippen LogP contribution in [0.2, 0.25) is 0 Å². The smallest absolute Gasteiger partial charge is 0.231 e. The Balaban J connectivity index is 1.76. The highest BCUT2D eigenvalue weighted by Crippen LogP contribution is 2.46. The van der Waals surface area contributed by atoms with Gasteiger partial charge in [-0.05, 0) is 47.7 Å². The molecule has 0 unspecified atom stereocenters. The van der Waals surface area contributed by atoms with Gasteiger partial charge in [-0.15, -0.1) is 0 Å². The van der Waals surface area contributed by atoms with Crippen LogP contribution in [0.1, 0.15) is 34.9 Å². The standard InChI is InChI=1S/C17H17NO2/c18-9-12-7-15(14-4-2-1-3-13(12)14)11-5-6-16-17(8-11)20-10-19-16/h1-6,8,12,15H,7,9-10,18H2/t12-,15-/m1/s1. The summed E-state index contributed by atoms with van der Waals surface area (Å²) in [5, 5.41) is 0. The number of nitrogens with two attached hydrogens (primary N) is 1. The maximum atomic E-state index is 5.93. The molecule has 0 spiro atoms. The molecule has 0 saturated carbocycles. The average Bonchev–Trinajstić information content (AvgIpc) is 3.10. The van der Waals surface area contributed by atoms with Crippen molar-refractivity contribution in [2.75, 3.05) is 13.3 Å². The average molecular weight is 267 g/mol. The molecule has 0 aromatic heterocycles. The molecule has 0 bridgehead atoms. The number of benzene rings is 2. The Labute approximate surface area is 118 Å². The summed E-state index contributed by atoms with van der Waals surface area (Å²) in [7, 11) is 0. The van der Waals surface area contributed by atoms with Gasteiger partial charge in [-0.3, -0.25) is 0 Å². The number of hydrogen-bond donors (Lipinski definition) is 1. The molecule has 2 N–H and O–H groups in total. The van der Waals surface area contributed by atoms with Gasteiger partial charge in [0.25, 0.3) is 0 Å². The van der Waals surface area contributed by atoms with Gasteiger partial charge in [0.15, 0.2) is 11.5 Å². The maximum Gasteiger partial charge on any atom is 0.231 e. The predicted molar refractivity (Wildman–Crippen MR) is 77.3 cm³/mol. The minimum atomic E-state index is 0.325. The summed E-state index contributed by atoms with van der Waals surface area (Å²) in [6, 6.07) is 14.9. The van der Waals surface area contributed by atoms with Crippen LogP contribution < -0.4 is 15.2 Å². The highest BCUT2D eigenvalue weighted by Gasteiger charge is 2.31. The molecule has 0 amide bonds. The normalized spacial score (nSPS) is 22.9. The first-order chi connectivity index (χ1) is 9.86. The van der Waals surface area contributed by atoms with Crippen molar-refractivity contribution in [1.82, 2.24) is 0 Å². The van der Waals surface area contributed by atoms with Crippen molar-refractivity contribution in [2.24, 2.45) is 5.73 Å². The predicted octanol–water partition coefficient (Wildman–Crippen LogP) is 2.99. The quantitative estimate of drug-likeness (QED) is 0.909. The van der Waals surface area contributed by atoms with Gasteiger partial charge in [0.05, 0.1) is 0 Å². The summed E-state index contributed by atoms with van der Waals surface area (Å²) in [6.07, 6.45) is 1.08. The summed E-state index contributed by atoms with van der Waals surface area (Å²) in [4.78, 5) is 0. The molecule has 2 aliphatic rings. The highest BCUT2D eigenvalue weighted by molar-refractivity contribution is 5.50. The van der Waals surface area contributed by atoms with Crippen LogP contribution in [0, 0.1) is 0 Å². The van der Waals surface area contributed by atoms with E-state index in [-0.39, 0.29) is 0 Å². The lowest BCUT2D eigenvalue weighted by molar-refractivity contribution is 0.174. The Morgan fingerprint density at radius 3 is 2.65 bits per heavy atom. The lowest BCUT2D eigenvalue weighted by Gasteiger charge is -2.13. The summed E-state index contributed by atoms with van der Waals surface area (Å²) in [5.74, 6) is 2.57. The molecule has 0 fully saturated rings. The van der Waals surface area contributed by atoms with Gasteiger partial charge in [-0.25, -0.2) is 0 Å². The van der Waals surface area contributed by atoms with Crippen molar-refractivity contribution in [1.29, 1.82) is 0 Å². The third-order valence-corrected chi connectivity index (χ3v) is 4.41. The molecule has 2 aromatic rings. The number of fused-ring (bicyclic) bond motifs is 2. The fourth-order valence-corrected chi connectivity index (χ4v) is 3.41.